The first-order valence-electron chi connectivity index (χ1n) is 7.73. The lowest BCUT2D eigenvalue weighted by molar-refractivity contribution is -0.139. The van der Waals surface area contributed by atoms with Gasteiger partial charge in [0.05, 0.1) is 0 Å². The second kappa shape index (κ2) is 6.13. The van der Waals surface area contributed by atoms with E-state index in [2.05, 4.69) is 0 Å². The molecule has 0 saturated heterocycles. The minimum atomic E-state index is -2.17. The van der Waals surface area contributed by atoms with Crippen molar-refractivity contribution in [3.05, 3.63) is 57.9 Å². The van der Waals surface area contributed by atoms with Crippen LogP contribution in [0.1, 0.15) is 40.5 Å². The van der Waals surface area contributed by atoms with Gasteiger partial charge < -0.3 is 10.2 Å². The molecule has 0 aliphatic heterocycles. The Hall–Kier alpha value is -2.20. The van der Waals surface area contributed by atoms with Gasteiger partial charge in [-0.15, -0.1) is 0 Å². The van der Waals surface area contributed by atoms with Crippen LogP contribution in [0.25, 0.3) is 0 Å². The highest BCUT2D eigenvalue weighted by atomic mass is 16.3. The molecule has 0 heterocycles. The number of carbonyl (C=O) groups is 2. The zero-order valence-electron chi connectivity index (χ0n) is 13.9. The lowest BCUT2D eigenvalue weighted by atomic mass is 9.83. The largest absolute Gasteiger partial charge is 0.508 e. The molecule has 2 rings (SSSR count). The van der Waals surface area contributed by atoms with Crippen LogP contribution in [0.3, 0.4) is 0 Å². The second-order valence-corrected chi connectivity index (χ2v) is 6.02. The monoisotopic (exact) mass is 314 g/mol. The Bertz CT molecular complexity index is 728. The zero-order valence-corrected chi connectivity index (χ0v) is 13.9. The maximum absolute atomic E-state index is 12.8. The lowest BCUT2D eigenvalue weighted by Gasteiger charge is -2.24. The van der Waals surface area contributed by atoms with Crippen LogP contribution in [0.4, 0.5) is 0 Å². The molecule has 0 bridgehead atoms. The van der Waals surface area contributed by atoms with Gasteiger partial charge >= 0.3 is 0 Å². The predicted octanol–water partition coefficient (Wildman–Crippen LogP) is 3.26. The van der Waals surface area contributed by atoms with Gasteiger partial charge in [-0.25, -0.2) is 0 Å². The van der Waals surface area contributed by atoms with Crippen LogP contribution in [0.15, 0.2) is 57.9 Å². The van der Waals surface area contributed by atoms with Crippen LogP contribution in [-0.2, 0) is 9.59 Å². The Morgan fingerprint density at radius 3 is 2.43 bits per heavy atom. The Morgan fingerprint density at radius 2 is 1.87 bits per heavy atom. The molecule has 1 atom stereocenters. The van der Waals surface area contributed by atoms with Crippen molar-refractivity contribution < 1.29 is 19.8 Å². The molecule has 122 valence electrons. The molecule has 0 saturated carbocycles. The second-order valence-electron chi connectivity index (χ2n) is 6.02. The third kappa shape index (κ3) is 2.63. The van der Waals surface area contributed by atoms with Crippen molar-refractivity contribution in [3.8, 4) is 0 Å². The fourth-order valence-corrected chi connectivity index (χ4v) is 3.08. The average Bonchev–Trinajstić information content (AvgIpc) is 2.60. The molecule has 2 aliphatic carbocycles. The van der Waals surface area contributed by atoms with E-state index in [9.17, 15) is 19.8 Å². The number of hydrogen-bond acceptors (Lipinski definition) is 4. The minimum Gasteiger partial charge on any atom is -0.508 e. The van der Waals surface area contributed by atoms with E-state index < -0.39 is 17.2 Å². The third-order valence-electron chi connectivity index (χ3n) is 4.30. The number of carbonyl (C=O) groups excluding carboxylic acids is 2. The van der Waals surface area contributed by atoms with Crippen molar-refractivity contribution in [2.45, 2.75) is 46.1 Å². The molecule has 2 aliphatic rings. The molecule has 0 amide bonds. The molecule has 4 heteroatoms. The molecule has 2 N–H and O–H groups in total. The van der Waals surface area contributed by atoms with E-state index in [0.717, 1.165) is 5.57 Å². The maximum atomic E-state index is 12.8. The van der Waals surface area contributed by atoms with Crippen LogP contribution in [0.2, 0.25) is 0 Å². The molecular formula is C19H22O4. The summed E-state index contributed by atoms with van der Waals surface area (Å²) in [4.78, 5) is 25.5. The Balaban J connectivity index is 2.61. The summed E-state index contributed by atoms with van der Waals surface area (Å²) < 4.78 is 0. The molecule has 4 nitrogen and oxygen atoms in total. The van der Waals surface area contributed by atoms with E-state index >= 15 is 0 Å². The van der Waals surface area contributed by atoms with Crippen molar-refractivity contribution in [1.29, 1.82) is 0 Å². The minimum absolute atomic E-state index is 0.0800. The van der Waals surface area contributed by atoms with Crippen molar-refractivity contribution in [2.75, 3.05) is 0 Å². The van der Waals surface area contributed by atoms with E-state index in [1.54, 1.807) is 52.0 Å². The summed E-state index contributed by atoms with van der Waals surface area (Å²) in [5.41, 5.74) is 0.0726. The van der Waals surface area contributed by atoms with Gasteiger partial charge in [0.25, 0.3) is 0 Å². The summed E-state index contributed by atoms with van der Waals surface area (Å²) >= 11 is 0. The summed E-state index contributed by atoms with van der Waals surface area (Å²) in [5, 5.41) is 20.9. The highest BCUT2D eigenvalue weighted by molar-refractivity contribution is 6.33. The van der Waals surface area contributed by atoms with Gasteiger partial charge in [0.1, 0.15) is 5.76 Å². The molecule has 0 unspecified atom stereocenters. The van der Waals surface area contributed by atoms with Gasteiger partial charge in [-0.05, 0) is 50.8 Å². The van der Waals surface area contributed by atoms with Crippen molar-refractivity contribution in [1.82, 2.24) is 0 Å². The van der Waals surface area contributed by atoms with E-state index in [4.69, 9.17) is 0 Å². The summed E-state index contributed by atoms with van der Waals surface area (Å²) in [6, 6.07) is 0. The topological polar surface area (TPSA) is 74.6 Å². The standard InChI is InChI=1S/C19H22O4/c1-5-7-15-14(6-2)17(21)19(23,18(15)22)13-8-11(3)9-16(20)12(4)10-13/h5,7,9-10,20,23H,6,8H2,1-4H3/b7-5-/t19-/m0/s1. The Labute approximate surface area is 136 Å². The van der Waals surface area contributed by atoms with Gasteiger partial charge in [0.15, 0.2) is 0 Å². The molecule has 0 fully saturated rings. The molecule has 0 aromatic rings. The van der Waals surface area contributed by atoms with Gasteiger partial charge in [-0.3, -0.25) is 9.59 Å². The van der Waals surface area contributed by atoms with Crippen molar-refractivity contribution >= 4 is 11.6 Å². The number of allylic oxidation sites excluding steroid dienone is 6. The highest BCUT2D eigenvalue weighted by Gasteiger charge is 2.54. The highest BCUT2D eigenvalue weighted by Crippen LogP contribution is 2.39. The first-order chi connectivity index (χ1) is 10.8. The zero-order chi connectivity index (χ0) is 17.4. The number of rotatable bonds is 3. The average molecular weight is 314 g/mol. The Morgan fingerprint density at radius 1 is 1.22 bits per heavy atom. The number of aliphatic hydroxyl groups excluding tert-OH is 1. The number of ketones is 2. The van der Waals surface area contributed by atoms with Crippen molar-refractivity contribution in [3.63, 3.8) is 0 Å². The fraction of sp³-hybridized carbons (Fsp3) is 0.368. The normalized spacial score (nSPS) is 26.1. The van der Waals surface area contributed by atoms with Crippen LogP contribution < -0.4 is 0 Å². The van der Waals surface area contributed by atoms with Gasteiger partial charge in [-0.2, -0.15) is 0 Å². The summed E-state index contributed by atoms with van der Waals surface area (Å²) in [6.07, 6.45) is 7.05. The smallest absolute Gasteiger partial charge is 0.212 e. The van der Waals surface area contributed by atoms with Gasteiger partial charge in [0.2, 0.25) is 17.2 Å². The molecule has 0 aromatic carbocycles. The number of aliphatic hydroxyl groups is 2. The van der Waals surface area contributed by atoms with E-state index in [1.165, 1.54) is 0 Å². The first kappa shape index (κ1) is 17.2. The van der Waals surface area contributed by atoms with Gasteiger partial charge in [-0.1, -0.05) is 30.7 Å². The van der Waals surface area contributed by atoms with Crippen LogP contribution in [0.5, 0.6) is 0 Å². The predicted molar refractivity (Wildman–Crippen MR) is 88.9 cm³/mol. The summed E-state index contributed by atoms with van der Waals surface area (Å²) in [7, 11) is 0. The van der Waals surface area contributed by atoms with E-state index in [1.807, 2.05) is 0 Å². The quantitative estimate of drug-likeness (QED) is 0.784. The van der Waals surface area contributed by atoms with Crippen LogP contribution in [-0.4, -0.2) is 27.4 Å². The molecule has 23 heavy (non-hydrogen) atoms. The lowest BCUT2D eigenvalue weighted by Crippen LogP contribution is -2.44. The number of Topliss-reactive ketones (excluding diaryl/α,β-unsaturated/α-hetero) is 2. The van der Waals surface area contributed by atoms with Crippen molar-refractivity contribution in [2.24, 2.45) is 0 Å². The van der Waals surface area contributed by atoms with E-state index in [-0.39, 0.29) is 17.8 Å². The van der Waals surface area contributed by atoms with Crippen LogP contribution in [0, 0.1) is 0 Å². The van der Waals surface area contributed by atoms with E-state index in [0.29, 0.717) is 23.1 Å². The molecule has 0 spiro atoms. The molecule has 0 radical (unpaired) electrons. The molecular weight excluding hydrogens is 292 g/mol. The third-order valence-corrected chi connectivity index (χ3v) is 4.30. The maximum Gasteiger partial charge on any atom is 0.212 e. The van der Waals surface area contributed by atoms with Gasteiger partial charge in [0, 0.05) is 11.1 Å². The fourth-order valence-electron chi connectivity index (χ4n) is 3.08. The summed E-state index contributed by atoms with van der Waals surface area (Å²) in [6.45, 7) is 7.02. The molecule has 0 aromatic heterocycles. The number of hydrogen-bond donors (Lipinski definition) is 2. The van der Waals surface area contributed by atoms with Crippen LogP contribution >= 0.6 is 0 Å². The first-order valence-corrected chi connectivity index (χ1v) is 7.73. The Kier molecular flexibility index (Phi) is 4.57. The SMILES string of the molecule is C/C=C\C1=C(CC)C(=O)[C@@](O)(C2=CC(C)=C(O)C=C(C)C2)C1=O. The summed E-state index contributed by atoms with van der Waals surface area (Å²) in [5.74, 6) is -1.05.